The molecule has 0 unspecified atom stereocenters. The van der Waals surface area contributed by atoms with Crippen LogP contribution in [0.2, 0.25) is 0 Å². The first kappa shape index (κ1) is 19.7. The summed E-state index contributed by atoms with van der Waals surface area (Å²) in [6.07, 6.45) is 0. The first-order valence-electron chi connectivity index (χ1n) is 10.3. The largest absolute Gasteiger partial charge is 0.472 e. The SMILES string of the molecule is CC(C)(C1=N[C@H](c2ccccc2)C(C)(C)O1)C1=N[C@H](c2ccccc2)C(C)(C)O1. The quantitative estimate of drug-likeness (QED) is 0.651. The van der Waals surface area contributed by atoms with Crippen LogP contribution in [0.15, 0.2) is 70.6 Å². The number of benzene rings is 2. The summed E-state index contributed by atoms with van der Waals surface area (Å²) in [7, 11) is 0. The molecule has 0 saturated heterocycles. The van der Waals surface area contributed by atoms with Gasteiger partial charge in [0.2, 0.25) is 0 Å². The first-order chi connectivity index (χ1) is 13.6. The Hall–Kier alpha value is -2.62. The molecule has 4 heteroatoms. The molecule has 4 nitrogen and oxygen atoms in total. The van der Waals surface area contributed by atoms with E-state index in [4.69, 9.17) is 19.5 Å². The highest BCUT2D eigenvalue weighted by atomic mass is 16.5. The zero-order valence-corrected chi connectivity index (χ0v) is 18.1. The van der Waals surface area contributed by atoms with Crippen molar-refractivity contribution in [2.75, 3.05) is 0 Å². The summed E-state index contributed by atoms with van der Waals surface area (Å²) in [6.45, 7) is 12.5. The molecule has 4 rings (SSSR count). The highest BCUT2D eigenvalue weighted by Gasteiger charge is 2.51. The smallest absolute Gasteiger partial charge is 0.199 e. The fourth-order valence-corrected chi connectivity index (χ4v) is 4.10. The molecular weight excluding hydrogens is 360 g/mol. The Kier molecular flexibility index (Phi) is 4.56. The zero-order chi connectivity index (χ0) is 20.9. The summed E-state index contributed by atoms with van der Waals surface area (Å²) in [6, 6.07) is 20.5. The van der Waals surface area contributed by atoms with Gasteiger partial charge in [0.05, 0.1) is 0 Å². The Labute approximate surface area is 173 Å². The lowest BCUT2D eigenvalue weighted by Gasteiger charge is -2.30. The van der Waals surface area contributed by atoms with Crippen LogP contribution >= 0.6 is 0 Å². The maximum atomic E-state index is 6.39. The van der Waals surface area contributed by atoms with Gasteiger partial charge < -0.3 is 9.47 Å². The fourth-order valence-electron chi connectivity index (χ4n) is 4.10. The van der Waals surface area contributed by atoms with E-state index >= 15 is 0 Å². The third-order valence-electron chi connectivity index (χ3n) is 5.83. The number of hydrogen-bond acceptors (Lipinski definition) is 4. The third kappa shape index (κ3) is 3.45. The Balaban J connectivity index is 1.68. The molecule has 2 aromatic rings. The molecule has 2 aliphatic heterocycles. The Bertz CT molecular complexity index is 866. The molecule has 0 aromatic heterocycles. The van der Waals surface area contributed by atoms with Gasteiger partial charge in [0, 0.05) is 0 Å². The molecule has 29 heavy (non-hydrogen) atoms. The van der Waals surface area contributed by atoms with Crippen molar-refractivity contribution in [1.82, 2.24) is 0 Å². The number of hydrogen-bond donors (Lipinski definition) is 0. The highest BCUT2D eigenvalue weighted by molar-refractivity contribution is 6.06. The standard InChI is InChI=1S/C25H30N2O2/c1-23(2,21-26-19(24(3,4)28-21)17-13-9-7-10-14-17)22-27-20(25(5,6)29-22)18-15-11-8-12-16-18/h7-16,19-20H,1-6H3/t19-,20-/m1/s1. The minimum absolute atomic E-state index is 0.0575. The molecule has 0 saturated carbocycles. The van der Waals surface area contributed by atoms with Crippen LogP contribution in [0.25, 0.3) is 0 Å². The normalized spacial score (nSPS) is 25.0. The van der Waals surface area contributed by atoms with Gasteiger partial charge in [-0.15, -0.1) is 0 Å². The van der Waals surface area contributed by atoms with Gasteiger partial charge in [-0.05, 0) is 52.7 Å². The molecule has 2 atom stereocenters. The molecule has 0 fully saturated rings. The second kappa shape index (κ2) is 6.72. The minimum atomic E-state index is -0.554. The maximum absolute atomic E-state index is 6.39. The van der Waals surface area contributed by atoms with Crippen molar-refractivity contribution in [2.45, 2.75) is 64.8 Å². The monoisotopic (exact) mass is 390 g/mol. The number of rotatable bonds is 4. The van der Waals surface area contributed by atoms with Gasteiger partial charge in [0.1, 0.15) is 28.7 Å². The highest BCUT2D eigenvalue weighted by Crippen LogP contribution is 2.46. The molecule has 0 aliphatic carbocycles. The molecule has 0 amide bonds. The van der Waals surface area contributed by atoms with Crippen molar-refractivity contribution < 1.29 is 9.47 Å². The summed E-state index contributed by atoms with van der Waals surface area (Å²) < 4.78 is 12.8. The van der Waals surface area contributed by atoms with Crippen molar-refractivity contribution in [2.24, 2.45) is 15.4 Å². The lowest BCUT2D eigenvalue weighted by Crippen LogP contribution is -2.39. The molecular formula is C25H30N2O2. The van der Waals surface area contributed by atoms with E-state index in [1.807, 2.05) is 36.4 Å². The van der Waals surface area contributed by atoms with Gasteiger partial charge >= 0.3 is 0 Å². The van der Waals surface area contributed by atoms with Crippen LogP contribution in [0.3, 0.4) is 0 Å². The number of nitrogens with zero attached hydrogens (tertiary/aromatic N) is 2. The summed E-state index contributed by atoms with van der Waals surface area (Å²) in [5.41, 5.74) is 0.894. The molecule has 152 valence electrons. The fraction of sp³-hybridized carbons (Fsp3) is 0.440. The van der Waals surface area contributed by atoms with Crippen molar-refractivity contribution in [3.05, 3.63) is 71.8 Å². The van der Waals surface area contributed by atoms with Crippen LogP contribution in [-0.4, -0.2) is 23.0 Å². The predicted octanol–water partition coefficient (Wildman–Crippen LogP) is 5.91. The zero-order valence-electron chi connectivity index (χ0n) is 18.1. The second-order valence-corrected chi connectivity index (χ2v) is 9.53. The second-order valence-electron chi connectivity index (χ2n) is 9.53. The predicted molar refractivity (Wildman–Crippen MR) is 117 cm³/mol. The van der Waals surface area contributed by atoms with Crippen molar-refractivity contribution in [1.29, 1.82) is 0 Å². The molecule has 0 bridgehead atoms. The average Bonchev–Trinajstić information content (AvgIpc) is 3.19. The van der Waals surface area contributed by atoms with Crippen LogP contribution in [0, 0.1) is 5.41 Å². The van der Waals surface area contributed by atoms with Crippen LogP contribution in [-0.2, 0) is 9.47 Å². The van der Waals surface area contributed by atoms with Gasteiger partial charge in [-0.2, -0.15) is 0 Å². The molecule has 2 aromatic carbocycles. The van der Waals surface area contributed by atoms with Gasteiger partial charge in [0.25, 0.3) is 0 Å². The summed E-state index contributed by atoms with van der Waals surface area (Å²) >= 11 is 0. The van der Waals surface area contributed by atoms with Crippen LogP contribution in [0.1, 0.15) is 64.8 Å². The van der Waals surface area contributed by atoms with Crippen LogP contribution in [0.4, 0.5) is 0 Å². The molecule has 0 radical (unpaired) electrons. The number of ether oxygens (including phenoxy) is 2. The van der Waals surface area contributed by atoms with Gasteiger partial charge in [-0.25, -0.2) is 9.98 Å². The van der Waals surface area contributed by atoms with E-state index in [2.05, 4.69) is 65.8 Å². The van der Waals surface area contributed by atoms with E-state index in [1.165, 1.54) is 0 Å². The van der Waals surface area contributed by atoms with Crippen molar-refractivity contribution in [3.8, 4) is 0 Å². The molecule has 0 spiro atoms. The summed E-state index contributed by atoms with van der Waals surface area (Å²) in [5, 5.41) is 0. The van der Waals surface area contributed by atoms with Crippen LogP contribution < -0.4 is 0 Å². The average molecular weight is 391 g/mol. The van der Waals surface area contributed by atoms with E-state index in [0.29, 0.717) is 11.8 Å². The van der Waals surface area contributed by atoms with E-state index in [9.17, 15) is 0 Å². The Morgan fingerprint density at radius 3 is 1.34 bits per heavy atom. The van der Waals surface area contributed by atoms with Crippen LogP contribution in [0.5, 0.6) is 0 Å². The van der Waals surface area contributed by atoms with Gasteiger partial charge in [-0.1, -0.05) is 60.7 Å². The first-order valence-corrected chi connectivity index (χ1v) is 10.3. The van der Waals surface area contributed by atoms with Gasteiger partial charge in [-0.3, -0.25) is 0 Å². The Morgan fingerprint density at radius 2 is 1.00 bits per heavy atom. The lowest BCUT2D eigenvalue weighted by atomic mass is 9.93. The molecule has 2 aliphatic rings. The molecule has 0 N–H and O–H groups in total. The lowest BCUT2D eigenvalue weighted by molar-refractivity contribution is 0.0734. The molecule has 2 heterocycles. The van der Waals surface area contributed by atoms with E-state index in [1.54, 1.807) is 0 Å². The number of aliphatic imine (C=N–C) groups is 2. The topological polar surface area (TPSA) is 43.2 Å². The Morgan fingerprint density at radius 1 is 0.655 bits per heavy atom. The third-order valence-corrected chi connectivity index (χ3v) is 5.83. The summed E-state index contributed by atoms with van der Waals surface area (Å²) in [4.78, 5) is 10.0. The van der Waals surface area contributed by atoms with Crippen molar-refractivity contribution in [3.63, 3.8) is 0 Å². The van der Waals surface area contributed by atoms with Gasteiger partial charge in [0.15, 0.2) is 11.8 Å². The van der Waals surface area contributed by atoms with E-state index in [0.717, 1.165) is 11.1 Å². The summed E-state index contributed by atoms with van der Waals surface area (Å²) in [5.74, 6) is 1.36. The minimum Gasteiger partial charge on any atom is -0.472 e. The van der Waals surface area contributed by atoms with Crippen molar-refractivity contribution >= 4 is 11.8 Å². The van der Waals surface area contributed by atoms with E-state index in [-0.39, 0.29) is 12.1 Å². The van der Waals surface area contributed by atoms with E-state index < -0.39 is 16.6 Å². The maximum Gasteiger partial charge on any atom is 0.199 e.